The van der Waals surface area contributed by atoms with E-state index < -0.39 is 0 Å². The highest BCUT2D eigenvalue weighted by Crippen LogP contribution is 2.10. The zero-order valence-electron chi connectivity index (χ0n) is 8.14. The van der Waals surface area contributed by atoms with Crippen LogP contribution in [0.5, 0.6) is 0 Å². The lowest BCUT2D eigenvalue weighted by Crippen LogP contribution is -2.32. The van der Waals surface area contributed by atoms with E-state index in [2.05, 4.69) is 4.79 Å². The van der Waals surface area contributed by atoms with Gasteiger partial charge < -0.3 is 10.4 Å². The third-order valence-electron chi connectivity index (χ3n) is 1.91. The summed E-state index contributed by atoms with van der Waals surface area (Å²) in [6, 6.07) is 9.16. The van der Waals surface area contributed by atoms with Crippen LogP contribution in [-0.2, 0) is 4.79 Å². The van der Waals surface area contributed by atoms with E-state index in [4.69, 9.17) is 5.53 Å². The number of carbonyl (C=O) groups excluding carboxylic acids is 1. The molecule has 0 bridgehead atoms. The van der Waals surface area contributed by atoms with Gasteiger partial charge in [-0.05, 0) is 12.1 Å². The summed E-state index contributed by atoms with van der Waals surface area (Å²) in [7, 11) is 1.63. The maximum atomic E-state index is 11.5. The quantitative estimate of drug-likeness (QED) is 0.393. The summed E-state index contributed by atoms with van der Waals surface area (Å²) < 4.78 is 0. The van der Waals surface area contributed by atoms with Crippen LogP contribution in [0.4, 0.5) is 5.69 Å². The normalized spacial score (nSPS) is 9.00. The van der Waals surface area contributed by atoms with Crippen LogP contribution in [0.2, 0.25) is 0 Å². The Morgan fingerprint density at radius 1 is 1.36 bits per heavy atom. The van der Waals surface area contributed by atoms with Crippen molar-refractivity contribution in [2.45, 2.75) is 6.92 Å². The van der Waals surface area contributed by atoms with Crippen molar-refractivity contribution < 1.29 is 9.58 Å². The molecule has 14 heavy (non-hydrogen) atoms. The van der Waals surface area contributed by atoms with Crippen LogP contribution in [0.15, 0.2) is 30.3 Å². The zero-order valence-corrected chi connectivity index (χ0v) is 8.14. The molecule has 0 aromatic heterocycles. The fourth-order valence-corrected chi connectivity index (χ4v) is 1.05. The van der Waals surface area contributed by atoms with Gasteiger partial charge in [0.05, 0.1) is 0 Å². The van der Waals surface area contributed by atoms with Crippen molar-refractivity contribution in [3.63, 3.8) is 0 Å². The van der Waals surface area contributed by atoms with E-state index in [0.717, 1.165) is 5.69 Å². The van der Waals surface area contributed by atoms with Crippen molar-refractivity contribution in [3.8, 4) is 0 Å². The molecule has 0 saturated carbocycles. The highest BCUT2D eigenvalue weighted by atomic mass is 16.2. The van der Waals surface area contributed by atoms with E-state index in [1.807, 2.05) is 30.3 Å². The molecule has 0 aliphatic heterocycles. The summed E-state index contributed by atoms with van der Waals surface area (Å²) >= 11 is 0. The van der Waals surface area contributed by atoms with Crippen LogP contribution in [0.1, 0.15) is 6.92 Å². The number of anilines is 1. The highest BCUT2D eigenvalue weighted by Gasteiger charge is 2.19. The lowest BCUT2D eigenvalue weighted by atomic mass is 10.2. The minimum atomic E-state index is -0.321. The van der Waals surface area contributed by atoms with Gasteiger partial charge in [0, 0.05) is 19.7 Å². The highest BCUT2D eigenvalue weighted by molar-refractivity contribution is 6.40. The van der Waals surface area contributed by atoms with Gasteiger partial charge in [-0.3, -0.25) is 4.79 Å². The van der Waals surface area contributed by atoms with E-state index in [-0.39, 0.29) is 11.6 Å². The van der Waals surface area contributed by atoms with Gasteiger partial charge in [0.25, 0.3) is 0 Å². The van der Waals surface area contributed by atoms with Crippen molar-refractivity contribution in [1.29, 1.82) is 0 Å². The number of amides is 1. The van der Waals surface area contributed by atoms with Crippen LogP contribution >= 0.6 is 0 Å². The SMILES string of the molecule is CC(=[N+]=[N-])C(=O)N(C)c1ccccc1. The van der Waals surface area contributed by atoms with E-state index >= 15 is 0 Å². The molecule has 1 amide bonds. The Bertz CT molecular complexity index is 380. The number of hydrogen-bond acceptors (Lipinski definition) is 1. The Morgan fingerprint density at radius 3 is 2.43 bits per heavy atom. The third-order valence-corrected chi connectivity index (χ3v) is 1.91. The van der Waals surface area contributed by atoms with Crippen LogP contribution < -0.4 is 4.90 Å². The van der Waals surface area contributed by atoms with Gasteiger partial charge in [-0.2, -0.15) is 4.79 Å². The van der Waals surface area contributed by atoms with E-state index in [1.165, 1.54) is 11.8 Å². The molecule has 0 atom stereocenters. The zero-order chi connectivity index (χ0) is 10.6. The van der Waals surface area contributed by atoms with Crippen LogP contribution in [0.25, 0.3) is 5.53 Å². The molecular formula is C10H11N3O. The Labute approximate surface area is 82.4 Å². The molecule has 1 rings (SSSR count). The standard InChI is InChI=1S/C10H11N3O/c1-8(12-11)10(14)13(2)9-6-4-3-5-7-9/h3-7H,1-2H3. The summed E-state index contributed by atoms with van der Waals surface area (Å²) in [5, 5.41) is 0. The largest absolute Gasteiger partial charge is 0.361 e. The second-order valence-electron chi connectivity index (χ2n) is 2.89. The Morgan fingerprint density at radius 2 is 1.93 bits per heavy atom. The molecule has 0 saturated heterocycles. The molecule has 4 heteroatoms. The third kappa shape index (κ3) is 2.06. The maximum Gasteiger partial charge on any atom is 0.353 e. The maximum absolute atomic E-state index is 11.5. The predicted octanol–water partition coefficient (Wildman–Crippen LogP) is 1.34. The molecule has 0 fully saturated rings. The molecule has 72 valence electrons. The number of benzene rings is 1. The number of nitrogens with zero attached hydrogens (tertiary/aromatic N) is 3. The molecule has 0 heterocycles. The average molecular weight is 189 g/mol. The van der Waals surface area contributed by atoms with Gasteiger partial charge in [0.2, 0.25) is 0 Å². The van der Waals surface area contributed by atoms with E-state index in [0.29, 0.717) is 0 Å². The molecule has 0 unspecified atom stereocenters. The first-order valence-electron chi connectivity index (χ1n) is 4.18. The van der Waals surface area contributed by atoms with E-state index in [9.17, 15) is 4.79 Å². The second-order valence-corrected chi connectivity index (χ2v) is 2.89. The number of para-hydroxylation sites is 1. The molecular weight excluding hydrogens is 178 g/mol. The average Bonchev–Trinajstić information content (AvgIpc) is 2.27. The first-order chi connectivity index (χ1) is 6.66. The molecule has 1 aromatic rings. The van der Waals surface area contributed by atoms with Crippen LogP contribution in [-0.4, -0.2) is 23.5 Å². The molecule has 0 spiro atoms. The predicted molar refractivity (Wildman–Crippen MR) is 54.2 cm³/mol. The lowest BCUT2D eigenvalue weighted by molar-refractivity contribution is -0.116. The Hall–Kier alpha value is -1.93. The van der Waals surface area contributed by atoms with Crippen LogP contribution in [0, 0.1) is 0 Å². The van der Waals surface area contributed by atoms with Gasteiger partial charge in [-0.15, -0.1) is 0 Å². The Balaban J connectivity index is 2.92. The summed E-state index contributed by atoms with van der Waals surface area (Å²) in [6.07, 6.45) is 0. The topological polar surface area (TPSA) is 56.7 Å². The smallest absolute Gasteiger partial charge is 0.353 e. The van der Waals surface area contributed by atoms with Crippen molar-refractivity contribution in [2.75, 3.05) is 11.9 Å². The fraction of sp³-hybridized carbons (Fsp3) is 0.200. The van der Waals surface area contributed by atoms with Crippen molar-refractivity contribution in [1.82, 2.24) is 0 Å². The lowest BCUT2D eigenvalue weighted by Gasteiger charge is -2.13. The fourth-order valence-electron chi connectivity index (χ4n) is 1.05. The summed E-state index contributed by atoms with van der Waals surface area (Å²) in [5.74, 6) is -0.321. The molecule has 0 aliphatic carbocycles. The minimum Gasteiger partial charge on any atom is -0.361 e. The monoisotopic (exact) mass is 189 g/mol. The summed E-state index contributed by atoms with van der Waals surface area (Å²) in [6.45, 7) is 1.46. The molecule has 0 N–H and O–H groups in total. The number of rotatable bonds is 2. The second kappa shape index (κ2) is 4.35. The number of carbonyl (C=O) groups is 1. The number of hydrogen-bond donors (Lipinski definition) is 0. The first kappa shape index (κ1) is 10.2. The van der Waals surface area contributed by atoms with Gasteiger partial charge in [0.15, 0.2) is 0 Å². The van der Waals surface area contributed by atoms with Crippen LogP contribution in [0.3, 0.4) is 0 Å². The Kier molecular flexibility index (Phi) is 3.15. The van der Waals surface area contributed by atoms with Crippen molar-refractivity contribution >= 4 is 17.3 Å². The minimum absolute atomic E-state index is 0.0661. The van der Waals surface area contributed by atoms with Gasteiger partial charge in [-0.1, -0.05) is 18.2 Å². The molecule has 0 aliphatic rings. The van der Waals surface area contributed by atoms with Crippen molar-refractivity contribution in [2.24, 2.45) is 0 Å². The first-order valence-corrected chi connectivity index (χ1v) is 4.18. The van der Waals surface area contributed by atoms with E-state index in [1.54, 1.807) is 7.05 Å². The molecule has 1 aromatic carbocycles. The van der Waals surface area contributed by atoms with Crippen molar-refractivity contribution in [3.05, 3.63) is 35.9 Å². The summed E-state index contributed by atoms with van der Waals surface area (Å²) in [4.78, 5) is 15.8. The molecule has 0 radical (unpaired) electrons. The van der Waals surface area contributed by atoms with Gasteiger partial charge in [-0.25, -0.2) is 0 Å². The molecule has 4 nitrogen and oxygen atoms in total. The summed E-state index contributed by atoms with van der Waals surface area (Å²) in [5.41, 5.74) is 9.27. The van der Waals surface area contributed by atoms with Gasteiger partial charge in [0.1, 0.15) is 0 Å². The van der Waals surface area contributed by atoms with Gasteiger partial charge >= 0.3 is 11.6 Å².